The Balaban J connectivity index is 1.45. The van der Waals surface area contributed by atoms with E-state index in [9.17, 15) is 14.4 Å². The molecule has 0 bridgehead atoms. The number of esters is 1. The molecule has 2 aromatic carbocycles. The average Bonchev–Trinajstić information content (AvgIpc) is 3.53. The zero-order chi connectivity index (χ0) is 29.6. The molecule has 9 nitrogen and oxygen atoms in total. The summed E-state index contributed by atoms with van der Waals surface area (Å²) in [5.74, 6) is 0.849. The molecule has 1 aromatic heterocycles. The third-order valence-electron chi connectivity index (χ3n) is 7.50. The Kier molecular flexibility index (Phi) is 9.24. The van der Waals surface area contributed by atoms with Crippen molar-refractivity contribution in [3.05, 3.63) is 93.8 Å². The van der Waals surface area contributed by atoms with Crippen LogP contribution in [0, 0.1) is 0 Å². The lowest BCUT2D eigenvalue weighted by molar-refractivity contribution is -0.139. The van der Waals surface area contributed by atoms with Crippen LogP contribution in [-0.4, -0.2) is 78.0 Å². The highest BCUT2D eigenvalue weighted by Gasteiger charge is 2.39. The van der Waals surface area contributed by atoms with Crippen molar-refractivity contribution in [1.82, 2.24) is 20.0 Å². The molecule has 2 aliphatic rings. The van der Waals surface area contributed by atoms with E-state index < -0.39 is 12.0 Å². The number of thiophene rings is 1. The number of hydrogen-bond acceptors (Lipinski definition) is 7. The lowest BCUT2D eigenvalue weighted by Gasteiger charge is -2.42. The van der Waals surface area contributed by atoms with E-state index in [-0.39, 0.29) is 24.6 Å². The molecule has 220 valence electrons. The lowest BCUT2D eigenvalue weighted by atomic mass is 9.93. The summed E-state index contributed by atoms with van der Waals surface area (Å²) in [5, 5.41) is 4.94. The van der Waals surface area contributed by atoms with Crippen LogP contribution in [0.3, 0.4) is 0 Å². The van der Waals surface area contributed by atoms with Crippen LogP contribution in [0.2, 0.25) is 0 Å². The summed E-state index contributed by atoms with van der Waals surface area (Å²) in [4.78, 5) is 46.5. The first-order valence-corrected chi connectivity index (χ1v) is 15.1. The number of piperazine rings is 1. The van der Waals surface area contributed by atoms with Gasteiger partial charge in [-0.25, -0.2) is 9.59 Å². The van der Waals surface area contributed by atoms with Gasteiger partial charge in [0.25, 0.3) is 5.91 Å². The average molecular weight is 589 g/mol. The van der Waals surface area contributed by atoms with Gasteiger partial charge >= 0.3 is 12.0 Å². The zero-order valence-electron chi connectivity index (χ0n) is 24.1. The second kappa shape index (κ2) is 13.2. The number of carbonyl (C=O) groups is 3. The molecule has 0 aliphatic carbocycles. The minimum absolute atomic E-state index is 0.0323. The molecule has 3 heterocycles. The Bertz CT molecular complexity index is 1440. The molecule has 0 saturated carbocycles. The van der Waals surface area contributed by atoms with Gasteiger partial charge in [-0.2, -0.15) is 0 Å². The molecule has 1 saturated heterocycles. The van der Waals surface area contributed by atoms with E-state index in [1.807, 2.05) is 90.9 Å². The maximum atomic E-state index is 13.6. The maximum Gasteiger partial charge on any atom is 0.338 e. The fourth-order valence-corrected chi connectivity index (χ4v) is 6.20. The van der Waals surface area contributed by atoms with Crippen LogP contribution in [0.25, 0.3) is 0 Å². The highest BCUT2D eigenvalue weighted by Crippen LogP contribution is 2.34. The van der Waals surface area contributed by atoms with Gasteiger partial charge in [-0.15, -0.1) is 11.3 Å². The monoisotopic (exact) mass is 588 g/mol. The predicted octanol–water partition coefficient (Wildman–Crippen LogP) is 5.29. The molecule has 10 heteroatoms. The Hall–Kier alpha value is -4.15. The number of para-hydroxylation sites is 1. The summed E-state index contributed by atoms with van der Waals surface area (Å²) < 4.78 is 11.6. The first kappa shape index (κ1) is 29.3. The van der Waals surface area contributed by atoms with E-state index in [4.69, 9.17) is 9.47 Å². The van der Waals surface area contributed by atoms with Gasteiger partial charge in [-0.1, -0.05) is 36.4 Å². The van der Waals surface area contributed by atoms with Crippen molar-refractivity contribution in [2.45, 2.75) is 32.9 Å². The lowest BCUT2D eigenvalue weighted by Crippen LogP contribution is -2.56. The summed E-state index contributed by atoms with van der Waals surface area (Å²) >= 11 is 1.44. The van der Waals surface area contributed by atoms with E-state index >= 15 is 0 Å². The topological polar surface area (TPSA) is 91.4 Å². The van der Waals surface area contributed by atoms with Crippen molar-refractivity contribution in [2.24, 2.45) is 0 Å². The molecule has 2 unspecified atom stereocenters. The van der Waals surface area contributed by atoms with Crippen LogP contribution in [0.15, 0.2) is 83.4 Å². The Labute approximate surface area is 250 Å². The normalized spacial score (nSPS) is 19.5. The van der Waals surface area contributed by atoms with Crippen molar-refractivity contribution in [2.75, 3.05) is 39.3 Å². The fourth-order valence-electron chi connectivity index (χ4n) is 5.52. The van der Waals surface area contributed by atoms with E-state index in [0.717, 1.165) is 4.88 Å². The molecule has 2 atom stereocenters. The van der Waals surface area contributed by atoms with Crippen molar-refractivity contribution in [3.8, 4) is 11.5 Å². The van der Waals surface area contributed by atoms with Crippen LogP contribution >= 0.6 is 11.3 Å². The molecule has 1 fully saturated rings. The van der Waals surface area contributed by atoms with Gasteiger partial charge in [0.15, 0.2) is 0 Å². The summed E-state index contributed by atoms with van der Waals surface area (Å²) in [6.07, 6.45) is 0. The number of rotatable bonds is 9. The van der Waals surface area contributed by atoms with Crippen molar-refractivity contribution >= 4 is 29.2 Å². The number of ether oxygens (including phenoxy) is 2. The zero-order valence-corrected chi connectivity index (χ0v) is 24.9. The fraction of sp³-hybridized carbons (Fsp3) is 0.344. The first-order chi connectivity index (χ1) is 20.4. The van der Waals surface area contributed by atoms with Crippen LogP contribution in [0.5, 0.6) is 11.5 Å². The number of urea groups is 1. The standard InChI is InChI=1S/C32H36N4O5S/c1-4-35-26(21-34-16-17-36(22(3)20-34)30(37)27-15-10-18-42-27)28(31(38)40-5-2)29(33-32(35)39)23-11-9-14-25(19-23)41-24-12-7-6-8-13-24/h6-15,18-19,22,29H,4-5,16-17,20-21H2,1-3H3,(H,33,39). The van der Waals surface area contributed by atoms with Gasteiger partial charge in [0.1, 0.15) is 11.5 Å². The molecule has 0 spiro atoms. The number of nitrogens with zero attached hydrogens (tertiary/aromatic N) is 3. The SMILES string of the molecule is CCOC(=O)C1=C(CN2CCN(C(=O)c3cccs3)C(C)C2)N(CC)C(=O)NC1c1cccc(Oc2ccccc2)c1. The van der Waals surface area contributed by atoms with Gasteiger partial charge in [0.05, 0.1) is 23.1 Å². The maximum absolute atomic E-state index is 13.6. The molecular formula is C32H36N4O5S. The predicted molar refractivity (Wildman–Crippen MR) is 162 cm³/mol. The minimum atomic E-state index is -0.715. The van der Waals surface area contributed by atoms with Crippen molar-refractivity contribution in [1.29, 1.82) is 0 Å². The van der Waals surface area contributed by atoms with E-state index in [1.165, 1.54) is 11.3 Å². The Morgan fingerprint density at radius 2 is 1.79 bits per heavy atom. The summed E-state index contributed by atoms with van der Waals surface area (Å²) in [7, 11) is 0. The smallest absolute Gasteiger partial charge is 0.338 e. The van der Waals surface area contributed by atoms with Gasteiger partial charge in [0.2, 0.25) is 0 Å². The molecule has 3 amide bonds. The van der Waals surface area contributed by atoms with Gasteiger partial charge in [0, 0.05) is 44.5 Å². The van der Waals surface area contributed by atoms with Gasteiger partial charge in [-0.05, 0) is 62.0 Å². The number of benzene rings is 2. The van der Waals surface area contributed by atoms with Crippen molar-refractivity contribution < 1.29 is 23.9 Å². The van der Waals surface area contributed by atoms with Crippen LogP contribution in [-0.2, 0) is 9.53 Å². The molecule has 3 aromatic rings. The molecular weight excluding hydrogens is 552 g/mol. The van der Waals surface area contributed by atoms with E-state index in [2.05, 4.69) is 10.2 Å². The number of nitrogens with one attached hydrogen (secondary N) is 1. The van der Waals surface area contributed by atoms with E-state index in [1.54, 1.807) is 11.8 Å². The highest BCUT2D eigenvalue weighted by molar-refractivity contribution is 7.12. The van der Waals surface area contributed by atoms with Crippen LogP contribution in [0.4, 0.5) is 4.79 Å². The van der Waals surface area contributed by atoms with Crippen LogP contribution in [0.1, 0.15) is 42.0 Å². The molecule has 42 heavy (non-hydrogen) atoms. The van der Waals surface area contributed by atoms with Gasteiger partial charge < -0.3 is 19.7 Å². The molecule has 2 aliphatic heterocycles. The van der Waals surface area contributed by atoms with Crippen LogP contribution < -0.4 is 10.1 Å². The second-order valence-electron chi connectivity index (χ2n) is 10.3. The van der Waals surface area contributed by atoms with Crippen molar-refractivity contribution in [3.63, 3.8) is 0 Å². The summed E-state index contributed by atoms with van der Waals surface area (Å²) in [5.41, 5.74) is 1.73. The molecule has 1 N–H and O–H groups in total. The highest BCUT2D eigenvalue weighted by atomic mass is 32.1. The molecule has 5 rings (SSSR count). The number of hydrogen-bond donors (Lipinski definition) is 1. The number of amides is 3. The number of likely N-dealkylation sites (N-methyl/N-ethyl adjacent to an activating group) is 1. The summed E-state index contributed by atoms with van der Waals surface area (Å²) in [6, 6.07) is 19.5. The molecule has 0 radical (unpaired) electrons. The third-order valence-corrected chi connectivity index (χ3v) is 8.36. The second-order valence-corrected chi connectivity index (χ2v) is 11.2. The Morgan fingerprint density at radius 3 is 2.48 bits per heavy atom. The van der Waals surface area contributed by atoms with E-state index in [0.29, 0.717) is 61.1 Å². The first-order valence-electron chi connectivity index (χ1n) is 14.3. The Morgan fingerprint density at radius 1 is 1.00 bits per heavy atom. The third kappa shape index (κ3) is 6.34. The summed E-state index contributed by atoms with van der Waals surface area (Å²) in [6.45, 7) is 8.44. The largest absolute Gasteiger partial charge is 0.463 e. The minimum Gasteiger partial charge on any atom is -0.463 e. The van der Waals surface area contributed by atoms with Gasteiger partial charge in [-0.3, -0.25) is 14.6 Å². The number of carbonyl (C=O) groups excluding carboxylic acids is 3. The quantitative estimate of drug-likeness (QED) is 0.342.